The normalized spacial score (nSPS) is 20.2. The highest BCUT2D eigenvalue weighted by Gasteiger charge is 2.22. The molecule has 1 saturated heterocycles. The van der Waals surface area contributed by atoms with Gasteiger partial charge in [0.15, 0.2) is 0 Å². The number of aryl methyl sites for hydroxylation is 1. The molecule has 0 saturated carbocycles. The van der Waals surface area contributed by atoms with E-state index in [4.69, 9.17) is 0 Å². The SMILES string of the molecule is CCN1CCCC1CNc1cc(C)nc(C(C)C)n1. The molecule has 106 valence electrons. The molecular formula is C15H26N4. The van der Waals surface area contributed by atoms with E-state index < -0.39 is 0 Å². The summed E-state index contributed by atoms with van der Waals surface area (Å²) in [6, 6.07) is 2.69. The van der Waals surface area contributed by atoms with E-state index in [-0.39, 0.29) is 0 Å². The highest BCUT2D eigenvalue weighted by molar-refractivity contribution is 5.36. The zero-order valence-electron chi connectivity index (χ0n) is 12.6. The summed E-state index contributed by atoms with van der Waals surface area (Å²) in [7, 11) is 0. The minimum atomic E-state index is 0.374. The van der Waals surface area contributed by atoms with Gasteiger partial charge in [-0.2, -0.15) is 0 Å². The van der Waals surface area contributed by atoms with Gasteiger partial charge in [0, 0.05) is 30.3 Å². The number of aromatic nitrogens is 2. The number of likely N-dealkylation sites (N-methyl/N-ethyl adjacent to an activating group) is 1. The Labute approximate surface area is 116 Å². The van der Waals surface area contributed by atoms with Gasteiger partial charge in [-0.15, -0.1) is 0 Å². The minimum absolute atomic E-state index is 0.374. The number of nitrogens with one attached hydrogen (secondary N) is 1. The summed E-state index contributed by atoms with van der Waals surface area (Å²) in [6.45, 7) is 11.9. The minimum Gasteiger partial charge on any atom is -0.368 e. The molecule has 4 nitrogen and oxygen atoms in total. The van der Waals surface area contributed by atoms with Crippen molar-refractivity contribution in [3.63, 3.8) is 0 Å². The van der Waals surface area contributed by atoms with Gasteiger partial charge in [-0.25, -0.2) is 9.97 Å². The fourth-order valence-electron chi connectivity index (χ4n) is 2.71. The van der Waals surface area contributed by atoms with Gasteiger partial charge in [-0.05, 0) is 32.9 Å². The number of likely N-dealkylation sites (tertiary alicyclic amines) is 1. The van der Waals surface area contributed by atoms with Crippen LogP contribution in [0.5, 0.6) is 0 Å². The van der Waals surface area contributed by atoms with Crippen LogP contribution in [0.2, 0.25) is 0 Å². The highest BCUT2D eigenvalue weighted by atomic mass is 15.2. The Morgan fingerprint density at radius 3 is 2.89 bits per heavy atom. The second kappa shape index (κ2) is 6.33. The molecule has 1 fully saturated rings. The zero-order chi connectivity index (χ0) is 13.8. The molecule has 0 aliphatic carbocycles. The lowest BCUT2D eigenvalue weighted by Crippen LogP contribution is -2.34. The highest BCUT2D eigenvalue weighted by Crippen LogP contribution is 2.18. The lowest BCUT2D eigenvalue weighted by Gasteiger charge is -2.23. The maximum atomic E-state index is 4.60. The first-order chi connectivity index (χ1) is 9.10. The van der Waals surface area contributed by atoms with E-state index in [1.54, 1.807) is 0 Å². The fourth-order valence-corrected chi connectivity index (χ4v) is 2.71. The van der Waals surface area contributed by atoms with Crippen LogP contribution in [0.3, 0.4) is 0 Å². The van der Waals surface area contributed by atoms with E-state index in [9.17, 15) is 0 Å². The molecule has 0 aromatic carbocycles. The second-order valence-electron chi connectivity index (χ2n) is 5.71. The molecule has 0 spiro atoms. The molecule has 1 aromatic heterocycles. The first kappa shape index (κ1) is 14.3. The Bertz CT molecular complexity index is 417. The van der Waals surface area contributed by atoms with E-state index in [1.807, 2.05) is 13.0 Å². The van der Waals surface area contributed by atoms with Gasteiger partial charge >= 0.3 is 0 Å². The molecule has 1 N–H and O–H groups in total. The predicted molar refractivity (Wildman–Crippen MR) is 79.6 cm³/mol. The molecule has 4 heteroatoms. The van der Waals surface area contributed by atoms with Crippen molar-refractivity contribution in [1.82, 2.24) is 14.9 Å². The van der Waals surface area contributed by atoms with Crippen LogP contribution in [-0.2, 0) is 0 Å². The van der Waals surface area contributed by atoms with Crippen LogP contribution in [0.1, 0.15) is 51.0 Å². The average molecular weight is 262 g/mol. The molecule has 0 radical (unpaired) electrons. The van der Waals surface area contributed by atoms with Crippen LogP contribution in [0.25, 0.3) is 0 Å². The third-order valence-corrected chi connectivity index (χ3v) is 3.81. The summed E-state index contributed by atoms with van der Waals surface area (Å²) in [5, 5.41) is 3.49. The van der Waals surface area contributed by atoms with Crippen molar-refractivity contribution in [3.05, 3.63) is 17.6 Å². The van der Waals surface area contributed by atoms with Crippen molar-refractivity contribution >= 4 is 5.82 Å². The maximum Gasteiger partial charge on any atom is 0.133 e. The molecule has 0 amide bonds. The zero-order valence-corrected chi connectivity index (χ0v) is 12.6. The van der Waals surface area contributed by atoms with Crippen LogP contribution in [0.4, 0.5) is 5.82 Å². The van der Waals surface area contributed by atoms with Crippen LogP contribution in [-0.4, -0.2) is 40.5 Å². The predicted octanol–water partition coefficient (Wildman–Crippen LogP) is 2.80. The Morgan fingerprint density at radius 1 is 1.42 bits per heavy atom. The van der Waals surface area contributed by atoms with Crippen molar-refractivity contribution < 1.29 is 0 Å². The molecule has 19 heavy (non-hydrogen) atoms. The number of rotatable bonds is 5. The van der Waals surface area contributed by atoms with E-state index in [2.05, 4.69) is 41.0 Å². The topological polar surface area (TPSA) is 41.0 Å². The summed E-state index contributed by atoms with van der Waals surface area (Å²) < 4.78 is 0. The number of anilines is 1. The van der Waals surface area contributed by atoms with Gasteiger partial charge in [0.1, 0.15) is 11.6 Å². The van der Waals surface area contributed by atoms with E-state index in [0.29, 0.717) is 12.0 Å². The lowest BCUT2D eigenvalue weighted by molar-refractivity contribution is 0.277. The summed E-state index contributed by atoms with van der Waals surface area (Å²) in [4.78, 5) is 11.6. The van der Waals surface area contributed by atoms with Gasteiger partial charge in [0.25, 0.3) is 0 Å². The largest absolute Gasteiger partial charge is 0.368 e. The van der Waals surface area contributed by atoms with Gasteiger partial charge in [0.05, 0.1) is 0 Å². The Hall–Kier alpha value is -1.16. The quantitative estimate of drug-likeness (QED) is 0.886. The molecule has 2 rings (SSSR count). The van der Waals surface area contributed by atoms with Crippen LogP contribution < -0.4 is 5.32 Å². The van der Waals surface area contributed by atoms with E-state index >= 15 is 0 Å². The number of nitrogens with zero attached hydrogens (tertiary/aromatic N) is 3. The summed E-state index contributed by atoms with van der Waals surface area (Å²) >= 11 is 0. The van der Waals surface area contributed by atoms with Crippen molar-refractivity contribution in [2.75, 3.05) is 25.0 Å². The molecule has 1 atom stereocenters. The number of hydrogen-bond acceptors (Lipinski definition) is 4. The van der Waals surface area contributed by atoms with Crippen LogP contribution >= 0.6 is 0 Å². The third kappa shape index (κ3) is 3.66. The smallest absolute Gasteiger partial charge is 0.133 e. The Balaban J connectivity index is 1.99. The van der Waals surface area contributed by atoms with E-state index in [1.165, 1.54) is 19.4 Å². The second-order valence-corrected chi connectivity index (χ2v) is 5.71. The average Bonchev–Trinajstić information content (AvgIpc) is 2.83. The van der Waals surface area contributed by atoms with Crippen molar-refractivity contribution in [3.8, 4) is 0 Å². The van der Waals surface area contributed by atoms with Crippen molar-refractivity contribution in [1.29, 1.82) is 0 Å². The molecule has 1 aromatic rings. The van der Waals surface area contributed by atoms with Crippen molar-refractivity contribution in [2.24, 2.45) is 0 Å². The summed E-state index contributed by atoms with van der Waals surface area (Å²) in [5.41, 5.74) is 1.04. The molecular weight excluding hydrogens is 236 g/mol. The van der Waals surface area contributed by atoms with Crippen LogP contribution in [0.15, 0.2) is 6.07 Å². The summed E-state index contributed by atoms with van der Waals surface area (Å²) in [5.74, 6) is 2.28. The summed E-state index contributed by atoms with van der Waals surface area (Å²) in [6.07, 6.45) is 2.61. The molecule has 1 aliphatic heterocycles. The molecule has 1 unspecified atom stereocenters. The van der Waals surface area contributed by atoms with Gasteiger partial charge < -0.3 is 5.32 Å². The van der Waals surface area contributed by atoms with Crippen LogP contribution in [0, 0.1) is 6.92 Å². The Kier molecular flexibility index (Phi) is 4.75. The van der Waals surface area contributed by atoms with Gasteiger partial charge in [-0.3, -0.25) is 4.90 Å². The monoisotopic (exact) mass is 262 g/mol. The van der Waals surface area contributed by atoms with Gasteiger partial charge in [0.2, 0.25) is 0 Å². The lowest BCUT2D eigenvalue weighted by atomic mass is 10.2. The van der Waals surface area contributed by atoms with E-state index in [0.717, 1.165) is 30.4 Å². The third-order valence-electron chi connectivity index (χ3n) is 3.81. The molecule has 2 heterocycles. The van der Waals surface area contributed by atoms with Crippen molar-refractivity contribution in [2.45, 2.75) is 52.5 Å². The molecule has 0 bridgehead atoms. The Morgan fingerprint density at radius 2 is 2.21 bits per heavy atom. The van der Waals surface area contributed by atoms with Gasteiger partial charge in [-0.1, -0.05) is 20.8 Å². The first-order valence-corrected chi connectivity index (χ1v) is 7.43. The fraction of sp³-hybridized carbons (Fsp3) is 0.733. The first-order valence-electron chi connectivity index (χ1n) is 7.43. The molecule has 1 aliphatic rings. The number of hydrogen-bond donors (Lipinski definition) is 1. The maximum absolute atomic E-state index is 4.60. The standard InChI is InChI=1S/C15H26N4/c1-5-19-8-6-7-13(19)10-16-14-9-12(4)17-15(18-14)11(2)3/h9,11,13H,5-8,10H2,1-4H3,(H,16,17,18).